The predicted octanol–water partition coefficient (Wildman–Crippen LogP) is 2.73. The van der Waals surface area contributed by atoms with Crippen LogP contribution in [0.3, 0.4) is 0 Å². The van der Waals surface area contributed by atoms with Gasteiger partial charge in [-0.05, 0) is 19.8 Å². The predicted molar refractivity (Wildman–Crippen MR) is 56.6 cm³/mol. The summed E-state index contributed by atoms with van der Waals surface area (Å²) in [5.74, 6) is 0.720. The summed E-state index contributed by atoms with van der Waals surface area (Å²) in [5, 5.41) is 2.91. The lowest BCUT2D eigenvalue weighted by Crippen LogP contribution is -2.31. The number of carbonyl (C=O) groups is 1. The number of carbonyl (C=O) groups excluding carboxylic acids is 1. The molecule has 0 radical (unpaired) electrons. The van der Waals surface area contributed by atoms with Gasteiger partial charge in [0.25, 0.3) is 0 Å². The Morgan fingerprint density at radius 2 is 1.92 bits per heavy atom. The Morgan fingerprint density at radius 1 is 1.31 bits per heavy atom. The molecule has 0 aromatic rings. The van der Waals surface area contributed by atoms with Crippen molar-refractivity contribution >= 4 is 5.91 Å². The fourth-order valence-corrected chi connectivity index (χ4v) is 1.35. The number of hydrogen-bond acceptors (Lipinski definition) is 1. The minimum absolute atomic E-state index is 0.193. The summed E-state index contributed by atoms with van der Waals surface area (Å²) in [5.41, 5.74) is 0. The molecule has 0 unspecified atom stereocenters. The maximum atomic E-state index is 11.3. The Morgan fingerprint density at radius 3 is 2.38 bits per heavy atom. The molecule has 0 saturated heterocycles. The van der Waals surface area contributed by atoms with E-state index in [1.54, 1.807) is 0 Å². The van der Waals surface area contributed by atoms with Gasteiger partial charge in [-0.1, -0.05) is 33.1 Å². The zero-order valence-electron chi connectivity index (χ0n) is 9.39. The second kappa shape index (κ2) is 6.93. The molecule has 13 heavy (non-hydrogen) atoms. The molecule has 0 rings (SSSR count). The van der Waals surface area contributed by atoms with E-state index in [1.807, 2.05) is 13.8 Å². The molecule has 0 fully saturated rings. The first-order chi connectivity index (χ1) is 6.06. The second-order valence-electron chi connectivity index (χ2n) is 4.17. The smallest absolute Gasteiger partial charge is 0.220 e. The normalized spacial score (nSPS) is 13.0. The summed E-state index contributed by atoms with van der Waals surface area (Å²) < 4.78 is 0. The van der Waals surface area contributed by atoms with Gasteiger partial charge in [0.05, 0.1) is 0 Å². The minimum atomic E-state index is 0.193. The van der Waals surface area contributed by atoms with Gasteiger partial charge in [0.1, 0.15) is 0 Å². The first-order valence-electron chi connectivity index (χ1n) is 5.35. The third-order valence-corrected chi connectivity index (χ3v) is 2.03. The van der Waals surface area contributed by atoms with E-state index in [4.69, 9.17) is 0 Å². The van der Waals surface area contributed by atoms with E-state index in [1.165, 1.54) is 19.3 Å². The lowest BCUT2D eigenvalue weighted by atomic mass is 10.0. The minimum Gasteiger partial charge on any atom is -0.354 e. The van der Waals surface area contributed by atoms with Crippen molar-refractivity contribution < 1.29 is 4.79 Å². The molecule has 1 N–H and O–H groups in total. The van der Waals surface area contributed by atoms with Crippen LogP contribution in [0.25, 0.3) is 0 Å². The molecular formula is C11H23NO. The molecule has 0 heterocycles. The molecule has 78 valence electrons. The van der Waals surface area contributed by atoms with Gasteiger partial charge < -0.3 is 5.32 Å². The molecular weight excluding hydrogens is 162 g/mol. The lowest BCUT2D eigenvalue weighted by molar-refractivity contribution is -0.122. The molecule has 2 heteroatoms. The van der Waals surface area contributed by atoms with Crippen LogP contribution in [0.4, 0.5) is 0 Å². The monoisotopic (exact) mass is 185 g/mol. The summed E-state index contributed by atoms with van der Waals surface area (Å²) in [4.78, 5) is 11.3. The lowest BCUT2D eigenvalue weighted by Gasteiger charge is -2.12. The van der Waals surface area contributed by atoms with Gasteiger partial charge in [-0.2, -0.15) is 0 Å². The van der Waals surface area contributed by atoms with Crippen LogP contribution in [0.5, 0.6) is 0 Å². The van der Waals surface area contributed by atoms with E-state index in [0.717, 1.165) is 0 Å². The Hall–Kier alpha value is -0.530. The SMILES string of the molecule is CCCC[C@@H](C)CC(=O)NC(C)C. The average molecular weight is 185 g/mol. The standard InChI is InChI=1S/C11H23NO/c1-5-6-7-10(4)8-11(13)12-9(2)3/h9-10H,5-8H2,1-4H3,(H,12,13)/t10-/m1/s1. The van der Waals surface area contributed by atoms with Crippen molar-refractivity contribution in [3.8, 4) is 0 Å². The van der Waals surface area contributed by atoms with Crippen molar-refractivity contribution in [2.45, 2.75) is 59.4 Å². The topological polar surface area (TPSA) is 29.1 Å². The average Bonchev–Trinajstić information content (AvgIpc) is 1.98. The molecule has 1 amide bonds. The van der Waals surface area contributed by atoms with Crippen LogP contribution in [0, 0.1) is 5.92 Å². The van der Waals surface area contributed by atoms with Crippen LogP contribution >= 0.6 is 0 Å². The van der Waals surface area contributed by atoms with E-state index < -0.39 is 0 Å². The van der Waals surface area contributed by atoms with Gasteiger partial charge in [0.15, 0.2) is 0 Å². The van der Waals surface area contributed by atoms with Crippen LogP contribution < -0.4 is 5.32 Å². The molecule has 0 saturated carbocycles. The summed E-state index contributed by atoms with van der Waals surface area (Å²) in [6, 6.07) is 0.269. The zero-order chi connectivity index (χ0) is 10.3. The molecule has 0 spiro atoms. The number of rotatable bonds is 6. The maximum absolute atomic E-state index is 11.3. The quantitative estimate of drug-likeness (QED) is 0.677. The van der Waals surface area contributed by atoms with Gasteiger partial charge in [-0.3, -0.25) is 4.79 Å². The van der Waals surface area contributed by atoms with Crippen molar-refractivity contribution in [3.63, 3.8) is 0 Å². The van der Waals surface area contributed by atoms with E-state index in [2.05, 4.69) is 19.2 Å². The van der Waals surface area contributed by atoms with Crippen molar-refractivity contribution in [1.82, 2.24) is 5.32 Å². The van der Waals surface area contributed by atoms with E-state index in [9.17, 15) is 4.79 Å². The summed E-state index contributed by atoms with van der Waals surface area (Å²) >= 11 is 0. The maximum Gasteiger partial charge on any atom is 0.220 e. The third kappa shape index (κ3) is 7.82. The second-order valence-corrected chi connectivity index (χ2v) is 4.17. The van der Waals surface area contributed by atoms with Crippen molar-refractivity contribution in [2.75, 3.05) is 0 Å². The Balaban J connectivity index is 3.53. The van der Waals surface area contributed by atoms with E-state index in [-0.39, 0.29) is 11.9 Å². The summed E-state index contributed by atoms with van der Waals surface area (Å²) in [6.07, 6.45) is 4.30. The molecule has 1 atom stereocenters. The molecule has 2 nitrogen and oxygen atoms in total. The van der Waals surface area contributed by atoms with Gasteiger partial charge in [-0.25, -0.2) is 0 Å². The Labute approximate surface area is 82.1 Å². The van der Waals surface area contributed by atoms with Crippen LogP contribution in [0.2, 0.25) is 0 Å². The van der Waals surface area contributed by atoms with Crippen molar-refractivity contribution in [3.05, 3.63) is 0 Å². The zero-order valence-corrected chi connectivity index (χ0v) is 9.39. The molecule has 0 aliphatic rings. The van der Waals surface area contributed by atoms with Crippen molar-refractivity contribution in [1.29, 1.82) is 0 Å². The highest BCUT2D eigenvalue weighted by atomic mass is 16.1. The first kappa shape index (κ1) is 12.5. The number of hydrogen-bond donors (Lipinski definition) is 1. The summed E-state index contributed by atoms with van der Waals surface area (Å²) in [6.45, 7) is 8.32. The molecule has 0 aliphatic heterocycles. The van der Waals surface area contributed by atoms with E-state index in [0.29, 0.717) is 12.3 Å². The highest BCUT2D eigenvalue weighted by molar-refractivity contribution is 5.76. The van der Waals surface area contributed by atoms with Gasteiger partial charge in [0, 0.05) is 12.5 Å². The van der Waals surface area contributed by atoms with Gasteiger partial charge in [0.2, 0.25) is 5.91 Å². The van der Waals surface area contributed by atoms with Gasteiger partial charge in [-0.15, -0.1) is 0 Å². The molecule has 0 aromatic carbocycles. The molecule has 0 bridgehead atoms. The highest BCUT2D eigenvalue weighted by Crippen LogP contribution is 2.11. The highest BCUT2D eigenvalue weighted by Gasteiger charge is 2.08. The van der Waals surface area contributed by atoms with Crippen LogP contribution in [0.15, 0.2) is 0 Å². The first-order valence-corrected chi connectivity index (χ1v) is 5.35. The van der Waals surface area contributed by atoms with Crippen LogP contribution in [-0.4, -0.2) is 11.9 Å². The molecule has 0 aromatic heterocycles. The van der Waals surface area contributed by atoms with E-state index >= 15 is 0 Å². The Bertz CT molecular complexity index is 143. The number of amides is 1. The fourth-order valence-electron chi connectivity index (χ4n) is 1.35. The fraction of sp³-hybridized carbons (Fsp3) is 0.909. The van der Waals surface area contributed by atoms with Gasteiger partial charge >= 0.3 is 0 Å². The Kier molecular flexibility index (Phi) is 6.65. The molecule has 0 aliphatic carbocycles. The van der Waals surface area contributed by atoms with Crippen LogP contribution in [0.1, 0.15) is 53.4 Å². The third-order valence-electron chi connectivity index (χ3n) is 2.03. The number of nitrogens with one attached hydrogen (secondary N) is 1. The number of unbranched alkanes of at least 4 members (excludes halogenated alkanes) is 1. The van der Waals surface area contributed by atoms with Crippen LogP contribution in [-0.2, 0) is 4.79 Å². The summed E-state index contributed by atoms with van der Waals surface area (Å²) in [7, 11) is 0. The van der Waals surface area contributed by atoms with Crippen molar-refractivity contribution in [2.24, 2.45) is 5.92 Å². The largest absolute Gasteiger partial charge is 0.354 e.